The van der Waals surface area contributed by atoms with Gasteiger partial charge in [-0.15, -0.1) is 11.3 Å². The van der Waals surface area contributed by atoms with Crippen molar-refractivity contribution in [3.63, 3.8) is 0 Å². The van der Waals surface area contributed by atoms with Crippen LogP contribution in [0.25, 0.3) is 0 Å². The summed E-state index contributed by atoms with van der Waals surface area (Å²) < 4.78 is 1.38. The lowest BCUT2D eigenvalue weighted by atomic mass is 10.1. The molecule has 0 N–H and O–H groups in total. The Morgan fingerprint density at radius 3 is 2.79 bits per heavy atom. The van der Waals surface area contributed by atoms with Crippen LogP contribution in [0.2, 0.25) is 8.67 Å². The van der Waals surface area contributed by atoms with Gasteiger partial charge in [-0.2, -0.15) is 11.8 Å². The van der Waals surface area contributed by atoms with E-state index in [0.29, 0.717) is 25.5 Å². The van der Waals surface area contributed by atoms with Gasteiger partial charge in [0.1, 0.15) is 4.34 Å². The number of hydrogen-bond donors (Lipinski definition) is 0. The minimum Gasteiger partial charge on any atom is -0.295 e. The highest BCUT2D eigenvalue weighted by atomic mass is 35.5. The number of hydrogen-bond acceptors (Lipinski definition) is 4. The Bertz CT molecular complexity index is 473. The van der Waals surface area contributed by atoms with Gasteiger partial charge in [0.25, 0.3) is 0 Å². The highest BCUT2D eigenvalue weighted by Crippen LogP contribution is 2.33. The van der Waals surface area contributed by atoms with Crippen molar-refractivity contribution in [2.45, 2.75) is 25.0 Å². The van der Waals surface area contributed by atoms with Crippen molar-refractivity contribution in [1.82, 2.24) is 4.90 Å². The molecule has 1 aromatic heterocycles. The van der Waals surface area contributed by atoms with E-state index in [2.05, 4.69) is 18.7 Å². The van der Waals surface area contributed by atoms with Crippen LogP contribution < -0.4 is 0 Å². The molecule has 1 fully saturated rings. The quantitative estimate of drug-likeness (QED) is 0.759. The highest BCUT2D eigenvalue weighted by Gasteiger charge is 2.25. The Kier molecular flexibility index (Phi) is 5.23. The number of carbonyl (C=O) groups excluding carboxylic acids is 1. The fourth-order valence-corrected chi connectivity index (χ4v) is 4.68. The fourth-order valence-electron chi connectivity index (χ4n) is 2.04. The number of thiophene rings is 1. The summed E-state index contributed by atoms with van der Waals surface area (Å²) in [5, 5.41) is 0. The zero-order chi connectivity index (χ0) is 14.0. The summed E-state index contributed by atoms with van der Waals surface area (Å²) in [5.41, 5.74) is 0.563. The first-order valence-electron chi connectivity index (χ1n) is 6.22. The number of nitrogens with zero attached hydrogens (tertiary/aromatic N) is 1. The summed E-state index contributed by atoms with van der Waals surface area (Å²) in [6.07, 6.45) is 1.10. The molecule has 2 heterocycles. The van der Waals surface area contributed by atoms with Crippen molar-refractivity contribution in [3.05, 3.63) is 20.3 Å². The van der Waals surface area contributed by atoms with E-state index in [4.69, 9.17) is 23.2 Å². The van der Waals surface area contributed by atoms with Crippen molar-refractivity contribution in [2.75, 3.05) is 25.4 Å². The van der Waals surface area contributed by atoms with E-state index in [0.717, 1.165) is 25.3 Å². The molecule has 0 unspecified atom stereocenters. The van der Waals surface area contributed by atoms with E-state index in [1.54, 1.807) is 6.07 Å². The fraction of sp³-hybridized carbons (Fsp3) is 0.615. The lowest BCUT2D eigenvalue weighted by Gasteiger charge is -2.22. The Morgan fingerprint density at radius 2 is 2.16 bits per heavy atom. The van der Waals surface area contributed by atoms with Crippen LogP contribution in [0, 0.1) is 0 Å². The van der Waals surface area contributed by atoms with Gasteiger partial charge in [-0.1, -0.05) is 37.0 Å². The van der Waals surface area contributed by atoms with Crippen molar-refractivity contribution in [3.8, 4) is 0 Å². The third-order valence-electron chi connectivity index (χ3n) is 3.25. The second-order valence-electron chi connectivity index (χ2n) is 5.30. The number of halogens is 2. The Hall–Kier alpha value is 0.260. The molecule has 6 heteroatoms. The van der Waals surface area contributed by atoms with E-state index >= 15 is 0 Å². The van der Waals surface area contributed by atoms with Crippen LogP contribution in [0.4, 0.5) is 0 Å². The van der Waals surface area contributed by atoms with E-state index in [9.17, 15) is 4.79 Å². The molecule has 1 aliphatic heterocycles. The normalized spacial score (nSPS) is 20.2. The van der Waals surface area contributed by atoms with Gasteiger partial charge in [0.2, 0.25) is 0 Å². The largest absolute Gasteiger partial charge is 0.295 e. The van der Waals surface area contributed by atoms with E-state index in [-0.39, 0.29) is 5.78 Å². The van der Waals surface area contributed by atoms with E-state index in [1.165, 1.54) is 11.3 Å². The molecule has 1 saturated heterocycles. The van der Waals surface area contributed by atoms with Crippen molar-refractivity contribution >= 4 is 52.1 Å². The summed E-state index contributed by atoms with van der Waals surface area (Å²) in [6, 6.07) is 1.67. The van der Waals surface area contributed by atoms with Gasteiger partial charge in [0.05, 0.1) is 16.4 Å². The Balaban J connectivity index is 1.97. The topological polar surface area (TPSA) is 20.3 Å². The molecule has 2 rings (SSSR count). The van der Waals surface area contributed by atoms with Crippen LogP contribution in [0.3, 0.4) is 0 Å². The molecule has 2 nitrogen and oxygen atoms in total. The number of thioether (sulfide) groups is 1. The maximum atomic E-state index is 12.2. The van der Waals surface area contributed by atoms with Gasteiger partial charge in [-0.3, -0.25) is 9.69 Å². The predicted molar refractivity (Wildman–Crippen MR) is 86.3 cm³/mol. The molecule has 0 bridgehead atoms. The van der Waals surface area contributed by atoms with Crippen LogP contribution in [0.15, 0.2) is 6.07 Å². The molecule has 106 valence electrons. The van der Waals surface area contributed by atoms with Crippen molar-refractivity contribution < 1.29 is 4.79 Å². The zero-order valence-corrected chi connectivity index (χ0v) is 14.2. The van der Waals surface area contributed by atoms with Gasteiger partial charge in [-0.25, -0.2) is 0 Å². The summed E-state index contributed by atoms with van der Waals surface area (Å²) in [4.78, 5) is 14.5. The van der Waals surface area contributed by atoms with Crippen LogP contribution in [0.5, 0.6) is 0 Å². The third-order valence-corrected chi connectivity index (χ3v) is 6.11. The standard InChI is InChI=1S/C13H17Cl2NOS2/c1-13(2)3-4-16(5-6-18-13)8-10(17)9-7-11(14)19-12(9)15/h7H,3-6,8H2,1-2H3. The molecule has 0 radical (unpaired) electrons. The number of rotatable bonds is 3. The van der Waals surface area contributed by atoms with Crippen LogP contribution in [-0.4, -0.2) is 40.8 Å². The van der Waals surface area contributed by atoms with Gasteiger partial charge >= 0.3 is 0 Å². The molecule has 1 aliphatic rings. The first kappa shape index (κ1) is 15.6. The van der Waals surface area contributed by atoms with E-state index < -0.39 is 0 Å². The summed E-state index contributed by atoms with van der Waals surface area (Å²) in [6.45, 7) is 6.87. The van der Waals surface area contributed by atoms with Gasteiger partial charge < -0.3 is 0 Å². The lowest BCUT2D eigenvalue weighted by Crippen LogP contribution is -2.32. The molecule has 0 amide bonds. The highest BCUT2D eigenvalue weighted by molar-refractivity contribution is 8.00. The SMILES string of the molecule is CC1(C)CCN(CC(=O)c2cc(Cl)sc2Cl)CCS1. The molecule has 0 saturated carbocycles. The molecule has 19 heavy (non-hydrogen) atoms. The maximum Gasteiger partial charge on any atom is 0.179 e. The maximum absolute atomic E-state index is 12.2. The first-order valence-corrected chi connectivity index (χ1v) is 8.77. The van der Waals surface area contributed by atoms with Gasteiger partial charge in [0, 0.05) is 17.0 Å². The van der Waals surface area contributed by atoms with E-state index in [1.807, 2.05) is 11.8 Å². The molecular weight excluding hydrogens is 321 g/mol. The number of carbonyl (C=O) groups is 1. The number of ketones is 1. The zero-order valence-electron chi connectivity index (χ0n) is 11.0. The summed E-state index contributed by atoms with van der Waals surface area (Å²) >= 11 is 15.1. The lowest BCUT2D eigenvalue weighted by molar-refractivity contribution is 0.0934. The van der Waals surface area contributed by atoms with Crippen LogP contribution >= 0.6 is 46.3 Å². The molecule has 1 aromatic rings. The monoisotopic (exact) mass is 337 g/mol. The molecular formula is C13H17Cl2NOS2. The summed E-state index contributed by atoms with van der Waals surface area (Å²) in [7, 11) is 0. The second-order valence-corrected chi connectivity index (χ2v) is 9.38. The minimum atomic E-state index is 0.0675. The Labute approximate surface area is 132 Å². The van der Waals surface area contributed by atoms with Gasteiger partial charge in [-0.05, 0) is 19.0 Å². The smallest absolute Gasteiger partial charge is 0.179 e. The number of Topliss-reactive ketones (excluding diaryl/α,β-unsaturated/α-hetero) is 1. The second kappa shape index (κ2) is 6.35. The van der Waals surface area contributed by atoms with Gasteiger partial charge in [0.15, 0.2) is 5.78 Å². The van der Waals surface area contributed by atoms with Crippen LogP contribution in [-0.2, 0) is 0 Å². The Morgan fingerprint density at radius 1 is 1.42 bits per heavy atom. The molecule has 0 spiro atoms. The minimum absolute atomic E-state index is 0.0675. The molecule has 0 atom stereocenters. The summed E-state index contributed by atoms with van der Waals surface area (Å²) in [5.74, 6) is 1.14. The van der Waals surface area contributed by atoms with Crippen LogP contribution in [0.1, 0.15) is 30.6 Å². The van der Waals surface area contributed by atoms with Crippen molar-refractivity contribution in [1.29, 1.82) is 0 Å². The third kappa shape index (κ3) is 4.36. The average molecular weight is 338 g/mol. The van der Waals surface area contributed by atoms with Crippen molar-refractivity contribution in [2.24, 2.45) is 0 Å². The molecule has 0 aliphatic carbocycles. The average Bonchev–Trinajstić information content (AvgIpc) is 2.55. The first-order chi connectivity index (χ1) is 8.87. The molecule has 0 aromatic carbocycles. The predicted octanol–water partition coefficient (Wildman–Crippen LogP) is 4.46.